The summed E-state index contributed by atoms with van der Waals surface area (Å²) < 4.78 is 0. The van der Waals surface area contributed by atoms with Gasteiger partial charge in [-0.15, -0.1) is 6.42 Å². The smallest absolute Gasteiger partial charge is 0.253 e. The Morgan fingerprint density at radius 1 is 1.00 bits per heavy atom. The molecule has 0 N–H and O–H groups in total. The lowest BCUT2D eigenvalue weighted by atomic mass is 9.99. The van der Waals surface area contributed by atoms with E-state index in [0.29, 0.717) is 6.04 Å². The average molecular weight is 296 g/mol. The van der Waals surface area contributed by atoms with Gasteiger partial charge in [0, 0.05) is 30.3 Å². The van der Waals surface area contributed by atoms with Gasteiger partial charge in [-0.2, -0.15) is 0 Å². The molecule has 0 saturated carbocycles. The number of carbonyl (C=O) groups excluding carboxylic acids is 1. The molecule has 3 nitrogen and oxygen atoms in total. The van der Waals surface area contributed by atoms with Crippen LogP contribution in [-0.2, 0) is 0 Å². The van der Waals surface area contributed by atoms with Gasteiger partial charge in [0.05, 0.1) is 0 Å². The van der Waals surface area contributed by atoms with Gasteiger partial charge in [0.2, 0.25) is 0 Å². The van der Waals surface area contributed by atoms with Crippen molar-refractivity contribution < 1.29 is 4.79 Å². The SMILES string of the molecule is C#Cc1ccc(C(=O)N2CCC(N3CCCCC3)CC2)cc1. The second-order valence-corrected chi connectivity index (χ2v) is 6.34. The molecule has 2 aliphatic heterocycles. The molecule has 0 aromatic heterocycles. The Morgan fingerprint density at radius 3 is 2.23 bits per heavy atom. The molecule has 0 aliphatic carbocycles. The lowest BCUT2D eigenvalue weighted by Gasteiger charge is -2.40. The first-order chi connectivity index (χ1) is 10.8. The molecular weight excluding hydrogens is 272 g/mol. The molecule has 1 aromatic carbocycles. The van der Waals surface area contributed by atoms with Crippen molar-refractivity contribution in [1.29, 1.82) is 0 Å². The quantitative estimate of drug-likeness (QED) is 0.784. The van der Waals surface area contributed by atoms with Crippen LogP contribution in [0.3, 0.4) is 0 Å². The maximum absolute atomic E-state index is 12.5. The van der Waals surface area contributed by atoms with Crippen molar-refractivity contribution >= 4 is 5.91 Å². The molecule has 1 aromatic rings. The minimum atomic E-state index is 0.140. The van der Waals surface area contributed by atoms with Crippen LogP contribution in [0.5, 0.6) is 0 Å². The van der Waals surface area contributed by atoms with Crippen LogP contribution in [-0.4, -0.2) is 47.9 Å². The highest BCUT2D eigenvalue weighted by atomic mass is 16.2. The minimum Gasteiger partial charge on any atom is -0.339 e. The van der Waals surface area contributed by atoms with Gasteiger partial charge in [0.1, 0.15) is 0 Å². The first-order valence-electron chi connectivity index (χ1n) is 8.38. The van der Waals surface area contributed by atoms with E-state index in [1.165, 1.54) is 32.4 Å². The van der Waals surface area contributed by atoms with Crippen LogP contribution in [0.2, 0.25) is 0 Å². The van der Waals surface area contributed by atoms with Crippen molar-refractivity contribution in [2.45, 2.75) is 38.1 Å². The van der Waals surface area contributed by atoms with Crippen LogP contribution < -0.4 is 0 Å². The van der Waals surface area contributed by atoms with Crippen LogP contribution in [0.4, 0.5) is 0 Å². The van der Waals surface area contributed by atoms with E-state index in [9.17, 15) is 4.79 Å². The van der Waals surface area contributed by atoms with Crippen LogP contribution in [0.25, 0.3) is 0 Å². The van der Waals surface area contributed by atoms with Gasteiger partial charge in [0.25, 0.3) is 5.91 Å². The monoisotopic (exact) mass is 296 g/mol. The molecule has 3 heteroatoms. The molecule has 2 fully saturated rings. The second-order valence-electron chi connectivity index (χ2n) is 6.34. The minimum absolute atomic E-state index is 0.140. The summed E-state index contributed by atoms with van der Waals surface area (Å²) in [5, 5.41) is 0. The van der Waals surface area contributed by atoms with E-state index in [1.54, 1.807) is 0 Å². The molecule has 0 bridgehead atoms. The number of terminal acetylenes is 1. The Morgan fingerprint density at radius 2 is 1.64 bits per heavy atom. The number of nitrogens with zero attached hydrogens (tertiary/aromatic N) is 2. The van der Waals surface area contributed by atoms with E-state index in [0.717, 1.165) is 37.1 Å². The fraction of sp³-hybridized carbons (Fsp3) is 0.526. The molecule has 2 aliphatic rings. The summed E-state index contributed by atoms with van der Waals surface area (Å²) in [6.07, 6.45) is 11.6. The number of carbonyl (C=O) groups is 1. The van der Waals surface area contributed by atoms with E-state index in [1.807, 2.05) is 29.2 Å². The molecule has 0 spiro atoms. The lowest BCUT2D eigenvalue weighted by Crippen LogP contribution is -2.48. The van der Waals surface area contributed by atoms with E-state index >= 15 is 0 Å². The van der Waals surface area contributed by atoms with Gasteiger partial charge in [-0.1, -0.05) is 12.3 Å². The standard InChI is InChI=1S/C19H24N2O/c1-2-16-6-8-17(9-7-16)19(22)21-14-10-18(11-15-21)20-12-4-3-5-13-20/h1,6-9,18H,3-5,10-15H2. The Kier molecular flexibility index (Phi) is 4.80. The third-order valence-corrected chi connectivity index (χ3v) is 4.96. The van der Waals surface area contributed by atoms with Crippen LogP contribution in [0.15, 0.2) is 24.3 Å². The zero-order chi connectivity index (χ0) is 15.4. The van der Waals surface area contributed by atoms with Crippen LogP contribution in [0, 0.1) is 12.3 Å². The topological polar surface area (TPSA) is 23.6 Å². The van der Waals surface area contributed by atoms with E-state index in [-0.39, 0.29) is 5.91 Å². The van der Waals surface area contributed by atoms with Crippen molar-refractivity contribution in [3.05, 3.63) is 35.4 Å². The van der Waals surface area contributed by atoms with Crippen molar-refractivity contribution in [2.75, 3.05) is 26.2 Å². The summed E-state index contributed by atoms with van der Waals surface area (Å²) >= 11 is 0. The highest BCUT2D eigenvalue weighted by Gasteiger charge is 2.27. The largest absolute Gasteiger partial charge is 0.339 e. The summed E-state index contributed by atoms with van der Waals surface area (Å²) in [6, 6.07) is 8.04. The van der Waals surface area contributed by atoms with Gasteiger partial charge in [-0.3, -0.25) is 4.79 Å². The zero-order valence-electron chi connectivity index (χ0n) is 13.1. The van der Waals surface area contributed by atoms with Crippen LogP contribution >= 0.6 is 0 Å². The van der Waals surface area contributed by atoms with E-state index < -0.39 is 0 Å². The lowest BCUT2D eigenvalue weighted by molar-refractivity contribution is 0.0590. The highest BCUT2D eigenvalue weighted by Crippen LogP contribution is 2.22. The summed E-state index contributed by atoms with van der Waals surface area (Å²) in [6.45, 7) is 4.23. The summed E-state index contributed by atoms with van der Waals surface area (Å²) in [7, 11) is 0. The maximum atomic E-state index is 12.5. The van der Waals surface area contributed by atoms with Gasteiger partial charge < -0.3 is 9.80 Å². The highest BCUT2D eigenvalue weighted by molar-refractivity contribution is 5.94. The molecule has 1 amide bonds. The van der Waals surface area contributed by atoms with E-state index in [4.69, 9.17) is 6.42 Å². The number of amides is 1. The summed E-state index contributed by atoms with van der Waals surface area (Å²) in [5.74, 6) is 2.72. The Bertz CT molecular complexity index is 544. The van der Waals surface area contributed by atoms with Gasteiger partial charge in [-0.25, -0.2) is 0 Å². The molecule has 116 valence electrons. The number of hydrogen-bond acceptors (Lipinski definition) is 2. The Labute approximate surface area is 133 Å². The number of rotatable bonds is 2. The predicted octanol–water partition coefficient (Wildman–Crippen LogP) is 2.76. The Balaban J connectivity index is 1.56. The van der Waals surface area contributed by atoms with Gasteiger partial charge in [-0.05, 0) is 63.0 Å². The summed E-state index contributed by atoms with van der Waals surface area (Å²) in [4.78, 5) is 17.2. The molecule has 0 unspecified atom stereocenters. The van der Waals surface area contributed by atoms with Crippen molar-refractivity contribution in [2.24, 2.45) is 0 Å². The normalized spacial score (nSPS) is 20.6. The molecule has 2 saturated heterocycles. The van der Waals surface area contributed by atoms with Crippen LogP contribution in [0.1, 0.15) is 48.0 Å². The molecule has 0 atom stereocenters. The third kappa shape index (κ3) is 3.34. The van der Waals surface area contributed by atoms with E-state index in [2.05, 4.69) is 10.8 Å². The van der Waals surface area contributed by atoms with Crippen molar-refractivity contribution in [3.8, 4) is 12.3 Å². The molecule has 22 heavy (non-hydrogen) atoms. The van der Waals surface area contributed by atoms with Crippen molar-refractivity contribution in [3.63, 3.8) is 0 Å². The molecule has 3 rings (SSSR count). The number of piperidine rings is 2. The first kappa shape index (κ1) is 15.1. The third-order valence-electron chi connectivity index (χ3n) is 4.96. The van der Waals surface area contributed by atoms with Gasteiger partial charge in [0.15, 0.2) is 0 Å². The fourth-order valence-electron chi connectivity index (χ4n) is 3.61. The fourth-order valence-corrected chi connectivity index (χ4v) is 3.61. The molecular formula is C19H24N2O. The molecule has 0 radical (unpaired) electrons. The second kappa shape index (κ2) is 6.98. The number of benzene rings is 1. The first-order valence-corrected chi connectivity index (χ1v) is 8.38. The predicted molar refractivity (Wildman–Crippen MR) is 88.7 cm³/mol. The van der Waals surface area contributed by atoms with Crippen molar-refractivity contribution in [1.82, 2.24) is 9.80 Å². The number of hydrogen-bond donors (Lipinski definition) is 0. The summed E-state index contributed by atoms with van der Waals surface area (Å²) in [5.41, 5.74) is 1.57. The zero-order valence-corrected chi connectivity index (χ0v) is 13.1. The molecule has 2 heterocycles. The van der Waals surface area contributed by atoms with Gasteiger partial charge >= 0.3 is 0 Å². The Hall–Kier alpha value is -1.79. The number of likely N-dealkylation sites (tertiary alicyclic amines) is 2. The maximum Gasteiger partial charge on any atom is 0.253 e. The average Bonchev–Trinajstić information content (AvgIpc) is 2.62.